The van der Waals surface area contributed by atoms with E-state index in [0.29, 0.717) is 15.0 Å². The normalized spacial score (nSPS) is 9.87. The zero-order chi connectivity index (χ0) is 11.4. The van der Waals surface area contributed by atoms with Gasteiger partial charge in [-0.1, -0.05) is 0 Å². The minimum atomic E-state index is -0.0928. The maximum Gasteiger partial charge on any atom is 0.259 e. The fourth-order valence-electron chi connectivity index (χ4n) is 0.776. The van der Waals surface area contributed by atoms with Crippen molar-refractivity contribution in [1.82, 2.24) is 9.88 Å². The summed E-state index contributed by atoms with van der Waals surface area (Å²) in [6, 6.07) is 3.49. The number of aromatic nitrogens is 1. The number of pyridine rings is 1. The zero-order valence-corrected chi connectivity index (χ0v) is 11.5. The molecule has 0 saturated heterocycles. The number of hydrogen-bond donors (Lipinski definition) is 0. The van der Waals surface area contributed by atoms with E-state index in [1.807, 2.05) is 0 Å². The average molecular weight is 338 g/mol. The van der Waals surface area contributed by atoms with Gasteiger partial charge in [0.25, 0.3) is 5.91 Å². The smallest absolute Gasteiger partial charge is 0.259 e. The highest BCUT2D eigenvalue weighted by Gasteiger charge is 2.08. The molecule has 1 aromatic rings. The first-order chi connectivity index (χ1) is 7.00. The number of rotatable bonds is 3. The third-order valence-corrected chi connectivity index (χ3v) is 2.64. The molecule has 0 bridgehead atoms. The first-order valence-corrected chi connectivity index (χ1v) is 5.74. The fraction of sp³-hybridized carbons (Fsp3) is 0.333. The molecule has 0 atom stereocenters. The topological polar surface area (TPSA) is 42.4 Å². The van der Waals surface area contributed by atoms with Crippen molar-refractivity contribution in [3.05, 3.63) is 21.3 Å². The van der Waals surface area contributed by atoms with E-state index in [-0.39, 0.29) is 12.5 Å². The molecule has 82 valence electrons. The average Bonchev–Trinajstić information content (AvgIpc) is 2.15. The van der Waals surface area contributed by atoms with Gasteiger partial charge in [-0.15, -0.1) is 0 Å². The van der Waals surface area contributed by atoms with E-state index in [0.717, 1.165) is 0 Å². The van der Waals surface area contributed by atoms with Crippen molar-refractivity contribution in [3.8, 4) is 5.75 Å². The Morgan fingerprint density at radius 2 is 2.13 bits per heavy atom. The summed E-state index contributed by atoms with van der Waals surface area (Å²) in [4.78, 5) is 16.8. The molecule has 0 unspecified atom stereocenters. The number of nitrogens with zero attached hydrogens (tertiary/aromatic N) is 2. The number of carbonyl (C=O) groups excluding carboxylic acids is 1. The van der Waals surface area contributed by atoms with Crippen molar-refractivity contribution in [2.75, 3.05) is 20.7 Å². The van der Waals surface area contributed by atoms with Crippen molar-refractivity contribution < 1.29 is 9.53 Å². The van der Waals surface area contributed by atoms with Crippen LogP contribution in [0.5, 0.6) is 5.75 Å². The van der Waals surface area contributed by atoms with Crippen molar-refractivity contribution in [2.45, 2.75) is 0 Å². The molecule has 1 amide bonds. The Balaban J connectivity index is 2.62. The number of hydrogen-bond acceptors (Lipinski definition) is 3. The lowest BCUT2D eigenvalue weighted by Crippen LogP contribution is -2.27. The van der Waals surface area contributed by atoms with Crippen molar-refractivity contribution in [2.24, 2.45) is 0 Å². The summed E-state index contributed by atoms with van der Waals surface area (Å²) in [6.45, 7) is 0.00884. The molecule has 0 aliphatic heterocycles. The van der Waals surface area contributed by atoms with E-state index in [4.69, 9.17) is 4.74 Å². The predicted molar refractivity (Wildman–Crippen MR) is 63.8 cm³/mol. The summed E-state index contributed by atoms with van der Waals surface area (Å²) >= 11 is 6.47. The standard InChI is InChI=1S/C9H10Br2N2O2/c1-13(2)8(14)5-15-6-3-4-7(10)12-9(6)11/h3-4H,5H2,1-2H3. The molecule has 0 spiro atoms. The van der Waals surface area contributed by atoms with Crippen LogP contribution in [0.25, 0.3) is 0 Å². The lowest BCUT2D eigenvalue weighted by molar-refractivity contribution is -0.130. The van der Waals surface area contributed by atoms with Crippen LogP contribution in [-0.2, 0) is 4.79 Å². The molecule has 0 fully saturated rings. The Kier molecular flexibility index (Phi) is 4.53. The number of ether oxygens (including phenoxy) is 1. The number of amides is 1. The molecule has 0 radical (unpaired) electrons. The molecule has 0 aromatic carbocycles. The van der Waals surface area contributed by atoms with Gasteiger partial charge in [0.1, 0.15) is 9.21 Å². The van der Waals surface area contributed by atoms with Gasteiger partial charge in [0.05, 0.1) is 0 Å². The third kappa shape index (κ3) is 3.79. The van der Waals surface area contributed by atoms with Gasteiger partial charge < -0.3 is 9.64 Å². The van der Waals surface area contributed by atoms with Crippen molar-refractivity contribution in [3.63, 3.8) is 0 Å². The highest BCUT2D eigenvalue weighted by molar-refractivity contribution is 9.11. The minimum absolute atomic E-state index is 0.00884. The Bertz CT molecular complexity index is 369. The highest BCUT2D eigenvalue weighted by atomic mass is 79.9. The Hall–Kier alpha value is -0.620. The van der Waals surface area contributed by atoms with Gasteiger partial charge in [0.2, 0.25) is 0 Å². The minimum Gasteiger partial charge on any atom is -0.481 e. The van der Waals surface area contributed by atoms with E-state index in [1.54, 1.807) is 26.2 Å². The third-order valence-electron chi connectivity index (χ3n) is 1.63. The molecular weight excluding hydrogens is 328 g/mol. The van der Waals surface area contributed by atoms with E-state index < -0.39 is 0 Å². The predicted octanol–water partition coefficient (Wildman–Crippen LogP) is 2.07. The Morgan fingerprint density at radius 1 is 1.47 bits per heavy atom. The van der Waals surface area contributed by atoms with Crippen LogP contribution in [0, 0.1) is 0 Å². The molecule has 0 N–H and O–H groups in total. The maximum atomic E-state index is 11.3. The largest absolute Gasteiger partial charge is 0.481 e. The van der Waals surface area contributed by atoms with Gasteiger partial charge in [-0.3, -0.25) is 4.79 Å². The summed E-state index contributed by atoms with van der Waals surface area (Å²) in [6.07, 6.45) is 0. The van der Waals surface area contributed by atoms with E-state index in [2.05, 4.69) is 36.8 Å². The van der Waals surface area contributed by atoms with Gasteiger partial charge in [0.15, 0.2) is 12.4 Å². The van der Waals surface area contributed by atoms with Crippen LogP contribution in [0.4, 0.5) is 0 Å². The van der Waals surface area contributed by atoms with E-state index in [1.165, 1.54) is 4.90 Å². The summed E-state index contributed by atoms with van der Waals surface area (Å²) in [7, 11) is 3.36. The van der Waals surface area contributed by atoms with Crippen LogP contribution < -0.4 is 4.74 Å². The Morgan fingerprint density at radius 3 is 2.67 bits per heavy atom. The Labute approximate surface area is 105 Å². The number of carbonyl (C=O) groups is 1. The van der Waals surface area contributed by atoms with E-state index in [9.17, 15) is 4.79 Å². The second-order valence-electron chi connectivity index (χ2n) is 3.00. The van der Waals surface area contributed by atoms with Crippen LogP contribution in [0.2, 0.25) is 0 Å². The second kappa shape index (κ2) is 5.46. The van der Waals surface area contributed by atoms with Crippen LogP contribution in [-0.4, -0.2) is 36.5 Å². The summed E-state index contributed by atoms with van der Waals surface area (Å²) < 4.78 is 6.58. The van der Waals surface area contributed by atoms with Crippen LogP contribution in [0.1, 0.15) is 0 Å². The van der Waals surface area contributed by atoms with Gasteiger partial charge >= 0.3 is 0 Å². The monoisotopic (exact) mass is 336 g/mol. The van der Waals surface area contributed by atoms with Gasteiger partial charge in [-0.05, 0) is 44.0 Å². The molecule has 6 heteroatoms. The van der Waals surface area contributed by atoms with Gasteiger partial charge in [0, 0.05) is 14.1 Å². The van der Waals surface area contributed by atoms with E-state index >= 15 is 0 Å². The molecule has 1 aromatic heterocycles. The lowest BCUT2D eigenvalue weighted by Gasteiger charge is -2.11. The van der Waals surface area contributed by atoms with Crippen molar-refractivity contribution in [1.29, 1.82) is 0 Å². The van der Waals surface area contributed by atoms with Crippen LogP contribution in [0.15, 0.2) is 21.3 Å². The number of halogens is 2. The van der Waals surface area contributed by atoms with Gasteiger partial charge in [-0.2, -0.15) is 0 Å². The lowest BCUT2D eigenvalue weighted by atomic mass is 10.4. The summed E-state index contributed by atoms with van der Waals surface area (Å²) in [5.74, 6) is 0.457. The SMILES string of the molecule is CN(C)C(=O)COc1ccc(Br)nc1Br. The molecule has 0 aliphatic rings. The summed E-state index contributed by atoms with van der Waals surface area (Å²) in [5, 5.41) is 0. The van der Waals surface area contributed by atoms with Crippen LogP contribution in [0.3, 0.4) is 0 Å². The van der Waals surface area contributed by atoms with Crippen LogP contribution >= 0.6 is 31.9 Å². The molecule has 15 heavy (non-hydrogen) atoms. The second-order valence-corrected chi connectivity index (χ2v) is 4.56. The first kappa shape index (κ1) is 12.4. The molecular formula is C9H10Br2N2O2. The summed E-state index contributed by atoms with van der Waals surface area (Å²) in [5.41, 5.74) is 0. The fourth-order valence-corrected chi connectivity index (χ4v) is 1.76. The van der Waals surface area contributed by atoms with Gasteiger partial charge in [-0.25, -0.2) is 4.98 Å². The molecule has 1 heterocycles. The first-order valence-electron chi connectivity index (χ1n) is 4.15. The highest BCUT2D eigenvalue weighted by Crippen LogP contribution is 2.24. The number of likely N-dealkylation sites (N-methyl/N-ethyl adjacent to an activating group) is 1. The van der Waals surface area contributed by atoms with Crippen molar-refractivity contribution >= 4 is 37.8 Å². The molecule has 4 nitrogen and oxygen atoms in total. The zero-order valence-electron chi connectivity index (χ0n) is 8.33. The maximum absolute atomic E-state index is 11.3. The molecule has 0 aliphatic carbocycles. The quantitative estimate of drug-likeness (QED) is 0.793. The molecule has 1 rings (SSSR count). The molecule has 0 saturated carbocycles.